The normalized spacial score (nSPS) is 10.6. The Kier molecular flexibility index (Phi) is 6.20. The van der Waals surface area contributed by atoms with Gasteiger partial charge in [0.1, 0.15) is 5.82 Å². The summed E-state index contributed by atoms with van der Waals surface area (Å²) in [4.78, 5) is 0. The van der Waals surface area contributed by atoms with E-state index in [1.165, 1.54) is 39.2 Å². The van der Waals surface area contributed by atoms with Gasteiger partial charge in [0.2, 0.25) is 5.75 Å². The molecule has 0 aliphatic rings. The maximum absolute atomic E-state index is 14.6. The molecule has 0 saturated carbocycles. The Morgan fingerprint density at radius 3 is 2.32 bits per heavy atom. The Bertz CT molecular complexity index is 966. The fraction of sp³-hybridized carbons (Fsp3) is 0.200. The van der Waals surface area contributed by atoms with Gasteiger partial charge >= 0.3 is 0 Å². The van der Waals surface area contributed by atoms with Crippen molar-refractivity contribution in [1.82, 2.24) is 14.8 Å². The first-order valence-electron chi connectivity index (χ1n) is 8.39. The number of ether oxygens (including phenoxy) is 3. The predicted molar refractivity (Wildman–Crippen MR) is 107 cm³/mol. The quantitative estimate of drug-likeness (QED) is 0.412. The smallest absolute Gasteiger partial charge is 0.203 e. The Morgan fingerprint density at radius 1 is 1.07 bits per heavy atom. The van der Waals surface area contributed by atoms with Crippen LogP contribution < -0.4 is 14.2 Å². The van der Waals surface area contributed by atoms with Gasteiger partial charge in [-0.05, 0) is 24.3 Å². The fourth-order valence-corrected chi connectivity index (χ4v) is 3.42. The Morgan fingerprint density at radius 2 is 1.75 bits per heavy atom. The van der Waals surface area contributed by atoms with Crippen LogP contribution in [0.15, 0.2) is 54.2 Å². The van der Waals surface area contributed by atoms with Crippen molar-refractivity contribution >= 4 is 11.8 Å². The summed E-state index contributed by atoms with van der Waals surface area (Å²) in [5, 5.41) is 9.10. The molecule has 0 unspecified atom stereocenters. The van der Waals surface area contributed by atoms with Crippen LogP contribution >= 0.6 is 11.8 Å². The number of hydrogen-bond acceptors (Lipinski definition) is 6. The number of rotatable bonds is 8. The summed E-state index contributed by atoms with van der Waals surface area (Å²) in [5.74, 6) is 2.10. The highest BCUT2D eigenvalue weighted by molar-refractivity contribution is 7.99. The van der Waals surface area contributed by atoms with Crippen molar-refractivity contribution in [3.63, 3.8) is 0 Å². The van der Waals surface area contributed by atoms with Crippen molar-refractivity contribution < 1.29 is 18.6 Å². The van der Waals surface area contributed by atoms with Gasteiger partial charge in [-0.25, -0.2) is 4.39 Å². The number of hydrogen-bond donors (Lipinski definition) is 0. The summed E-state index contributed by atoms with van der Waals surface area (Å²) in [6, 6.07) is 9.99. The van der Waals surface area contributed by atoms with Gasteiger partial charge in [0.15, 0.2) is 22.5 Å². The van der Waals surface area contributed by atoms with Gasteiger partial charge in [0.05, 0.1) is 27.0 Å². The lowest BCUT2D eigenvalue weighted by atomic mass is 10.1. The van der Waals surface area contributed by atoms with Crippen LogP contribution in [0, 0.1) is 5.82 Å². The van der Waals surface area contributed by atoms with Crippen LogP contribution in [0.5, 0.6) is 17.2 Å². The molecule has 28 heavy (non-hydrogen) atoms. The zero-order chi connectivity index (χ0) is 20.1. The molecule has 3 rings (SSSR count). The maximum atomic E-state index is 14.6. The summed E-state index contributed by atoms with van der Waals surface area (Å²) in [7, 11) is 4.61. The van der Waals surface area contributed by atoms with Crippen molar-refractivity contribution in [2.24, 2.45) is 0 Å². The van der Waals surface area contributed by atoms with E-state index in [0.29, 0.717) is 45.2 Å². The fourth-order valence-electron chi connectivity index (χ4n) is 2.74. The number of thioether (sulfide) groups is 1. The van der Waals surface area contributed by atoms with Gasteiger partial charge in [0.25, 0.3) is 0 Å². The molecule has 6 nitrogen and oxygen atoms in total. The number of benzene rings is 2. The Labute approximate surface area is 167 Å². The second kappa shape index (κ2) is 8.79. The molecule has 0 N–H and O–H groups in total. The van der Waals surface area contributed by atoms with Crippen LogP contribution in [0.4, 0.5) is 4.39 Å². The molecule has 0 amide bonds. The maximum Gasteiger partial charge on any atom is 0.203 e. The summed E-state index contributed by atoms with van der Waals surface area (Å²) >= 11 is 1.41. The third-order valence-corrected chi connectivity index (χ3v) is 4.90. The van der Waals surface area contributed by atoms with E-state index in [9.17, 15) is 4.39 Å². The van der Waals surface area contributed by atoms with Gasteiger partial charge in [0, 0.05) is 11.3 Å². The van der Waals surface area contributed by atoms with E-state index in [0.717, 1.165) is 0 Å². The molecule has 0 aliphatic carbocycles. The standard InChI is InChI=1S/C20H20FN3O3S/c1-5-10-28-20-23-22-19(24(20)15-9-7-6-8-14(15)21)13-11-16(25-2)18(27-4)17(12-13)26-3/h5-9,11-12H,1,10H2,2-4H3. The molecule has 1 heterocycles. The van der Waals surface area contributed by atoms with Crippen LogP contribution in [-0.4, -0.2) is 41.8 Å². The second-order valence-electron chi connectivity index (χ2n) is 5.61. The third kappa shape index (κ3) is 3.68. The van der Waals surface area contributed by atoms with Crippen LogP contribution in [-0.2, 0) is 0 Å². The molecule has 0 radical (unpaired) electrons. The van der Waals surface area contributed by atoms with E-state index in [-0.39, 0.29) is 5.82 Å². The van der Waals surface area contributed by atoms with Crippen molar-refractivity contribution in [3.8, 4) is 34.3 Å². The average molecular weight is 401 g/mol. The lowest BCUT2D eigenvalue weighted by molar-refractivity contribution is 0.324. The Balaban J connectivity index is 2.24. The topological polar surface area (TPSA) is 58.4 Å². The van der Waals surface area contributed by atoms with Crippen molar-refractivity contribution in [2.45, 2.75) is 5.16 Å². The van der Waals surface area contributed by atoms with Crippen molar-refractivity contribution in [1.29, 1.82) is 0 Å². The van der Waals surface area contributed by atoms with E-state index >= 15 is 0 Å². The van der Waals surface area contributed by atoms with Gasteiger partial charge in [-0.1, -0.05) is 30.0 Å². The largest absolute Gasteiger partial charge is 0.493 e. The van der Waals surface area contributed by atoms with Crippen LogP contribution in [0.25, 0.3) is 17.1 Å². The summed E-state index contributed by atoms with van der Waals surface area (Å²) < 4.78 is 32.5. The molecule has 0 spiro atoms. The minimum absolute atomic E-state index is 0.350. The number of methoxy groups -OCH3 is 3. The van der Waals surface area contributed by atoms with E-state index in [4.69, 9.17) is 14.2 Å². The zero-order valence-electron chi connectivity index (χ0n) is 15.8. The van der Waals surface area contributed by atoms with Crippen LogP contribution in [0.1, 0.15) is 0 Å². The van der Waals surface area contributed by atoms with Gasteiger partial charge in [-0.2, -0.15) is 0 Å². The summed E-state index contributed by atoms with van der Waals surface area (Å²) in [6.45, 7) is 3.73. The molecule has 0 aliphatic heterocycles. The lowest BCUT2D eigenvalue weighted by Crippen LogP contribution is -2.03. The van der Waals surface area contributed by atoms with Crippen LogP contribution in [0.2, 0.25) is 0 Å². The highest BCUT2D eigenvalue weighted by atomic mass is 32.2. The number of aromatic nitrogens is 3. The highest BCUT2D eigenvalue weighted by Gasteiger charge is 2.21. The first-order valence-corrected chi connectivity index (χ1v) is 9.37. The molecule has 8 heteroatoms. The average Bonchev–Trinajstić information content (AvgIpc) is 3.14. The van der Waals surface area contributed by atoms with Crippen LogP contribution in [0.3, 0.4) is 0 Å². The minimum atomic E-state index is -0.378. The molecule has 0 bridgehead atoms. The van der Waals surface area contributed by atoms with Gasteiger partial charge < -0.3 is 14.2 Å². The lowest BCUT2D eigenvalue weighted by Gasteiger charge is -2.15. The van der Waals surface area contributed by atoms with Gasteiger partial charge in [-0.3, -0.25) is 4.57 Å². The molecule has 2 aromatic carbocycles. The van der Waals surface area contributed by atoms with E-state index in [1.54, 1.807) is 41.0 Å². The first-order chi connectivity index (χ1) is 13.6. The van der Waals surface area contributed by atoms with E-state index in [2.05, 4.69) is 16.8 Å². The number of nitrogens with zero attached hydrogens (tertiary/aromatic N) is 3. The molecule has 1 aromatic heterocycles. The van der Waals surface area contributed by atoms with E-state index < -0.39 is 0 Å². The minimum Gasteiger partial charge on any atom is -0.493 e. The zero-order valence-corrected chi connectivity index (χ0v) is 16.6. The summed E-state index contributed by atoms with van der Waals surface area (Å²) in [6.07, 6.45) is 1.75. The number of halogens is 1. The molecule has 3 aromatic rings. The predicted octanol–water partition coefficient (Wildman–Crippen LogP) is 4.38. The first kappa shape index (κ1) is 19.8. The monoisotopic (exact) mass is 401 g/mol. The molecule has 146 valence electrons. The van der Waals surface area contributed by atoms with Crippen molar-refractivity contribution in [2.75, 3.05) is 27.1 Å². The Hall–Kier alpha value is -3.00. The molecular formula is C20H20FN3O3S. The summed E-state index contributed by atoms with van der Waals surface area (Å²) in [5.41, 5.74) is 0.999. The second-order valence-corrected chi connectivity index (χ2v) is 6.59. The molecular weight excluding hydrogens is 381 g/mol. The van der Waals surface area contributed by atoms with Gasteiger partial charge in [-0.15, -0.1) is 16.8 Å². The van der Waals surface area contributed by atoms with E-state index in [1.807, 2.05) is 0 Å². The number of para-hydroxylation sites is 1. The molecule has 0 atom stereocenters. The molecule has 0 saturated heterocycles. The molecule has 0 fully saturated rings. The third-order valence-electron chi connectivity index (χ3n) is 3.98. The highest BCUT2D eigenvalue weighted by Crippen LogP contribution is 2.41. The SMILES string of the molecule is C=CCSc1nnc(-c2cc(OC)c(OC)c(OC)c2)n1-c1ccccc1F. The van der Waals surface area contributed by atoms with Crippen molar-refractivity contribution in [3.05, 3.63) is 54.9 Å².